The Morgan fingerprint density at radius 1 is 1.35 bits per heavy atom. The van der Waals surface area contributed by atoms with E-state index in [-0.39, 0.29) is 24.7 Å². The molecule has 0 unspecified atom stereocenters. The molecule has 1 aliphatic rings. The Morgan fingerprint density at radius 2 is 2.04 bits per heavy atom. The van der Waals surface area contributed by atoms with E-state index in [1.54, 1.807) is 30.1 Å². The van der Waals surface area contributed by atoms with Gasteiger partial charge >= 0.3 is 5.97 Å². The van der Waals surface area contributed by atoms with E-state index in [1.807, 2.05) is 0 Å². The van der Waals surface area contributed by atoms with Crippen LogP contribution in [0.5, 0.6) is 0 Å². The number of imidazole rings is 1. The van der Waals surface area contributed by atoms with Crippen molar-refractivity contribution in [2.45, 2.75) is 18.9 Å². The number of fused-ring (bicyclic) bond motifs is 1. The molecule has 23 heavy (non-hydrogen) atoms. The van der Waals surface area contributed by atoms with Crippen molar-refractivity contribution in [2.24, 2.45) is 7.05 Å². The van der Waals surface area contributed by atoms with Crippen LogP contribution in [0, 0.1) is 5.82 Å². The van der Waals surface area contributed by atoms with Crippen LogP contribution in [0.3, 0.4) is 0 Å². The Bertz CT molecular complexity index is 754. The van der Waals surface area contributed by atoms with Crippen LogP contribution in [0.4, 0.5) is 4.39 Å². The summed E-state index contributed by atoms with van der Waals surface area (Å²) in [4.78, 5) is 29.6. The first-order valence-corrected chi connectivity index (χ1v) is 7.21. The summed E-state index contributed by atoms with van der Waals surface area (Å²) in [5.74, 6) is -2.32. The van der Waals surface area contributed by atoms with Crippen molar-refractivity contribution in [2.75, 3.05) is 6.54 Å². The molecular weight excluding hydrogens is 301 g/mol. The summed E-state index contributed by atoms with van der Waals surface area (Å²) < 4.78 is 14.6. The zero-order valence-corrected chi connectivity index (χ0v) is 12.6. The molecule has 1 atom stereocenters. The fourth-order valence-electron chi connectivity index (χ4n) is 2.88. The summed E-state index contributed by atoms with van der Waals surface area (Å²) in [6.45, 7) is 0.405. The maximum absolute atomic E-state index is 12.9. The van der Waals surface area contributed by atoms with Gasteiger partial charge in [-0.3, -0.25) is 9.59 Å². The zero-order chi connectivity index (χ0) is 16.6. The van der Waals surface area contributed by atoms with E-state index >= 15 is 0 Å². The van der Waals surface area contributed by atoms with Crippen molar-refractivity contribution in [1.82, 2.24) is 14.5 Å². The molecule has 1 N–H and O–H groups in total. The molecular formula is C16H16FN3O3. The zero-order valence-electron chi connectivity index (χ0n) is 12.6. The molecule has 0 saturated carbocycles. The van der Waals surface area contributed by atoms with Gasteiger partial charge in [-0.2, -0.15) is 0 Å². The second kappa shape index (κ2) is 5.83. The highest BCUT2D eigenvalue weighted by Gasteiger charge is 2.35. The van der Waals surface area contributed by atoms with E-state index in [4.69, 9.17) is 0 Å². The minimum atomic E-state index is -0.978. The van der Waals surface area contributed by atoms with Crippen molar-refractivity contribution in [3.8, 4) is 0 Å². The van der Waals surface area contributed by atoms with E-state index in [9.17, 15) is 19.1 Å². The predicted molar refractivity (Wildman–Crippen MR) is 79.1 cm³/mol. The van der Waals surface area contributed by atoms with Gasteiger partial charge in [0, 0.05) is 13.6 Å². The number of nitrogens with zero attached hydrogens (tertiary/aromatic N) is 3. The lowest BCUT2D eigenvalue weighted by molar-refractivity contribution is -0.141. The molecule has 120 valence electrons. The number of carboxylic acid groups (broad SMARTS) is 1. The average Bonchev–Trinajstić information content (AvgIpc) is 2.90. The molecule has 1 amide bonds. The standard InChI is InChI=1S/C16H16FN3O3/c1-19-9-18-13-8-20(7-12(15(13)19)16(22)23)14(21)6-10-2-4-11(17)5-3-10/h2-5,9,12H,6-8H2,1H3,(H,22,23)/t12-/m1/s1. The number of hydrogen-bond donors (Lipinski definition) is 1. The number of carbonyl (C=O) groups excluding carboxylic acids is 1. The molecule has 1 aromatic carbocycles. The number of halogens is 1. The monoisotopic (exact) mass is 317 g/mol. The van der Waals surface area contributed by atoms with Crippen LogP contribution in [-0.2, 0) is 29.6 Å². The Balaban J connectivity index is 1.80. The Kier molecular flexibility index (Phi) is 3.85. The average molecular weight is 317 g/mol. The molecule has 6 nitrogen and oxygen atoms in total. The highest BCUT2D eigenvalue weighted by atomic mass is 19.1. The van der Waals surface area contributed by atoms with Crippen LogP contribution in [0.2, 0.25) is 0 Å². The van der Waals surface area contributed by atoms with Gasteiger partial charge in [-0.15, -0.1) is 0 Å². The first kappa shape index (κ1) is 15.2. The topological polar surface area (TPSA) is 75.4 Å². The number of carbonyl (C=O) groups is 2. The molecule has 0 bridgehead atoms. The molecule has 7 heteroatoms. The number of carboxylic acids is 1. The van der Waals surface area contributed by atoms with Crippen LogP contribution < -0.4 is 0 Å². The quantitative estimate of drug-likeness (QED) is 0.926. The van der Waals surface area contributed by atoms with Crippen LogP contribution in [0.25, 0.3) is 0 Å². The van der Waals surface area contributed by atoms with Crippen molar-refractivity contribution in [1.29, 1.82) is 0 Å². The second-order valence-electron chi connectivity index (χ2n) is 5.66. The van der Waals surface area contributed by atoms with Gasteiger partial charge in [0.15, 0.2) is 0 Å². The summed E-state index contributed by atoms with van der Waals surface area (Å²) in [5.41, 5.74) is 1.94. The summed E-state index contributed by atoms with van der Waals surface area (Å²) in [6, 6.07) is 5.71. The maximum atomic E-state index is 12.9. The fraction of sp³-hybridized carbons (Fsp3) is 0.312. The first-order valence-electron chi connectivity index (χ1n) is 7.21. The van der Waals surface area contributed by atoms with Crippen molar-refractivity contribution >= 4 is 11.9 Å². The number of aryl methyl sites for hydroxylation is 1. The van der Waals surface area contributed by atoms with Gasteiger partial charge < -0.3 is 14.6 Å². The van der Waals surface area contributed by atoms with Crippen LogP contribution in [0.15, 0.2) is 30.6 Å². The molecule has 0 aliphatic carbocycles. The Hall–Kier alpha value is -2.70. The highest BCUT2D eigenvalue weighted by Crippen LogP contribution is 2.28. The number of benzene rings is 1. The van der Waals surface area contributed by atoms with E-state index in [1.165, 1.54) is 17.0 Å². The molecule has 1 aromatic heterocycles. The van der Waals surface area contributed by atoms with E-state index in [0.29, 0.717) is 23.5 Å². The Morgan fingerprint density at radius 3 is 2.70 bits per heavy atom. The number of rotatable bonds is 3. The van der Waals surface area contributed by atoms with E-state index in [2.05, 4.69) is 4.98 Å². The van der Waals surface area contributed by atoms with Gasteiger partial charge in [-0.1, -0.05) is 12.1 Å². The number of aliphatic carboxylic acids is 1. The third-order valence-electron chi connectivity index (χ3n) is 4.06. The van der Waals surface area contributed by atoms with E-state index < -0.39 is 11.9 Å². The lowest BCUT2D eigenvalue weighted by Crippen LogP contribution is -2.41. The third kappa shape index (κ3) is 2.94. The summed E-state index contributed by atoms with van der Waals surface area (Å²) >= 11 is 0. The van der Waals surface area contributed by atoms with Gasteiger partial charge in [0.2, 0.25) is 5.91 Å². The van der Waals surface area contributed by atoms with Crippen LogP contribution >= 0.6 is 0 Å². The maximum Gasteiger partial charge on any atom is 0.314 e. The normalized spacial score (nSPS) is 17.0. The molecule has 1 aliphatic heterocycles. The third-order valence-corrected chi connectivity index (χ3v) is 4.06. The van der Waals surface area contributed by atoms with Crippen LogP contribution in [0.1, 0.15) is 22.9 Å². The summed E-state index contributed by atoms with van der Waals surface area (Å²) in [7, 11) is 1.75. The predicted octanol–water partition coefficient (Wildman–Crippen LogP) is 1.31. The fourth-order valence-corrected chi connectivity index (χ4v) is 2.88. The van der Waals surface area contributed by atoms with Crippen molar-refractivity contribution in [3.63, 3.8) is 0 Å². The van der Waals surface area contributed by atoms with Crippen molar-refractivity contribution in [3.05, 3.63) is 53.4 Å². The summed E-state index contributed by atoms with van der Waals surface area (Å²) in [5, 5.41) is 9.43. The van der Waals surface area contributed by atoms with Gasteiger partial charge in [0.05, 0.1) is 30.7 Å². The molecule has 0 radical (unpaired) electrons. The van der Waals surface area contributed by atoms with Crippen molar-refractivity contribution < 1.29 is 19.1 Å². The van der Waals surface area contributed by atoms with Gasteiger partial charge in [0.25, 0.3) is 0 Å². The molecule has 0 spiro atoms. The Labute approximate surface area is 132 Å². The summed E-state index contributed by atoms with van der Waals surface area (Å²) in [6.07, 6.45) is 1.67. The van der Waals surface area contributed by atoms with Crippen LogP contribution in [-0.4, -0.2) is 38.0 Å². The van der Waals surface area contributed by atoms with Gasteiger partial charge in [-0.05, 0) is 17.7 Å². The van der Waals surface area contributed by atoms with Gasteiger partial charge in [-0.25, -0.2) is 9.37 Å². The smallest absolute Gasteiger partial charge is 0.314 e. The molecule has 0 fully saturated rings. The number of hydrogen-bond acceptors (Lipinski definition) is 3. The minimum Gasteiger partial charge on any atom is -0.481 e. The minimum absolute atomic E-state index is 0.106. The number of amides is 1. The largest absolute Gasteiger partial charge is 0.481 e. The lowest BCUT2D eigenvalue weighted by atomic mass is 9.97. The SMILES string of the molecule is Cn1cnc2c1[C@H](C(=O)O)CN(C(=O)Cc1ccc(F)cc1)C2. The molecule has 0 saturated heterocycles. The second-order valence-corrected chi connectivity index (χ2v) is 5.66. The highest BCUT2D eigenvalue weighted by molar-refractivity contribution is 5.82. The molecule has 3 rings (SSSR count). The number of aromatic nitrogens is 2. The molecule has 2 heterocycles. The van der Waals surface area contributed by atoms with Gasteiger partial charge in [0.1, 0.15) is 11.7 Å². The lowest BCUT2D eigenvalue weighted by Gasteiger charge is -2.31. The van der Waals surface area contributed by atoms with E-state index in [0.717, 1.165) is 0 Å². The first-order chi connectivity index (χ1) is 11.0. The molecule has 2 aromatic rings.